The normalized spacial score (nSPS) is 10.4. The lowest BCUT2D eigenvalue weighted by Gasteiger charge is -2.17. The molecule has 0 saturated heterocycles. The maximum absolute atomic E-state index is 13.8. The Morgan fingerprint density at radius 1 is 1.27 bits per heavy atom. The summed E-state index contributed by atoms with van der Waals surface area (Å²) in [7, 11) is 3.05. The molecule has 5 nitrogen and oxygen atoms in total. The number of halogens is 1. The molecule has 2 amide bonds. The van der Waals surface area contributed by atoms with Crippen LogP contribution < -0.4 is 10.1 Å². The van der Waals surface area contributed by atoms with E-state index in [4.69, 9.17) is 4.74 Å². The zero-order valence-electron chi connectivity index (χ0n) is 14.4. The fraction of sp³-hybridized carbons (Fsp3) is 0.158. The number of nitrogens with zero attached hydrogens (tertiary/aromatic N) is 2. The van der Waals surface area contributed by atoms with Gasteiger partial charge in [-0.2, -0.15) is 0 Å². The van der Waals surface area contributed by atoms with Crippen molar-refractivity contribution in [1.29, 1.82) is 0 Å². The van der Waals surface area contributed by atoms with Crippen molar-refractivity contribution in [1.82, 2.24) is 9.88 Å². The van der Waals surface area contributed by atoms with Crippen LogP contribution in [-0.4, -0.2) is 30.1 Å². The van der Waals surface area contributed by atoms with Gasteiger partial charge in [-0.3, -0.25) is 5.32 Å². The van der Waals surface area contributed by atoms with E-state index in [1.165, 1.54) is 29.4 Å². The van der Waals surface area contributed by atoms with E-state index in [0.29, 0.717) is 10.7 Å². The molecule has 0 aliphatic heterocycles. The molecule has 0 unspecified atom stereocenters. The summed E-state index contributed by atoms with van der Waals surface area (Å²) in [5, 5.41) is 5.17. The minimum atomic E-state index is -0.453. The van der Waals surface area contributed by atoms with Crippen LogP contribution in [0.1, 0.15) is 5.56 Å². The van der Waals surface area contributed by atoms with Crippen molar-refractivity contribution in [2.24, 2.45) is 0 Å². The van der Waals surface area contributed by atoms with Crippen molar-refractivity contribution in [3.8, 4) is 17.0 Å². The number of benzene rings is 2. The summed E-state index contributed by atoms with van der Waals surface area (Å²) in [6, 6.07) is 14.1. The van der Waals surface area contributed by atoms with E-state index in [-0.39, 0.29) is 18.3 Å². The number of hydrogen-bond donors (Lipinski definition) is 1. The van der Waals surface area contributed by atoms with E-state index in [9.17, 15) is 9.18 Å². The molecule has 0 bridgehead atoms. The molecule has 0 atom stereocenters. The maximum Gasteiger partial charge on any atom is 0.323 e. The lowest BCUT2D eigenvalue weighted by molar-refractivity contribution is 0.220. The number of ether oxygens (including phenoxy) is 1. The minimum absolute atomic E-state index is 0.178. The van der Waals surface area contributed by atoms with Gasteiger partial charge in [-0.05, 0) is 17.7 Å². The summed E-state index contributed by atoms with van der Waals surface area (Å²) < 4.78 is 18.7. The van der Waals surface area contributed by atoms with E-state index in [2.05, 4.69) is 10.3 Å². The molecular weight excluding hydrogens is 353 g/mol. The number of rotatable bonds is 5. The van der Waals surface area contributed by atoms with Gasteiger partial charge in [0.2, 0.25) is 0 Å². The number of amides is 2. The Labute approximate surface area is 155 Å². The highest BCUT2D eigenvalue weighted by molar-refractivity contribution is 7.14. The molecule has 0 saturated carbocycles. The number of thiazole rings is 1. The highest BCUT2D eigenvalue weighted by atomic mass is 32.1. The largest absolute Gasteiger partial charge is 0.494 e. The summed E-state index contributed by atoms with van der Waals surface area (Å²) in [4.78, 5) is 18.2. The molecule has 2 aromatic carbocycles. The van der Waals surface area contributed by atoms with Gasteiger partial charge in [0.15, 0.2) is 16.7 Å². The number of methoxy groups -OCH3 is 1. The Balaban J connectivity index is 1.63. The van der Waals surface area contributed by atoms with Gasteiger partial charge >= 0.3 is 6.03 Å². The topological polar surface area (TPSA) is 54.5 Å². The van der Waals surface area contributed by atoms with E-state index >= 15 is 0 Å². The number of urea groups is 1. The summed E-state index contributed by atoms with van der Waals surface area (Å²) in [5.74, 6) is -0.275. The van der Waals surface area contributed by atoms with Crippen LogP contribution in [0.2, 0.25) is 0 Å². The second-order valence-corrected chi connectivity index (χ2v) is 6.52. The maximum atomic E-state index is 13.8. The highest BCUT2D eigenvalue weighted by Crippen LogP contribution is 2.25. The lowest BCUT2D eigenvalue weighted by atomic mass is 10.2. The molecule has 1 N–H and O–H groups in total. The Bertz CT molecular complexity index is 899. The van der Waals surface area contributed by atoms with Gasteiger partial charge in [0.05, 0.1) is 12.8 Å². The molecule has 0 radical (unpaired) electrons. The van der Waals surface area contributed by atoms with Crippen LogP contribution >= 0.6 is 11.3 Å². The van der Waals surface area contributed by atoms with Gasteiger partial charge < -0.3 is 9.64 Å². The Hall–Kier alpha value is -2.93. The van der Waals surface area contributed by atoms with Crippen molar-refractivity contribution >= 4 is 22.5 Å². The lowest BCUT2D eigenvalue weighted by Crippen LogP contribution is -2.30. The average Bonchev–Trinajstić information content (AvgIpc) is 3.11. The average molecular weight is 371 g/mol. The second-order valence-electron chi connectivity index (χ2n) is 5.66. The number of carbonyl (C=O) groups excluding carboxylic acids is 1. The fourth-order valence-electron chi connectivity index (χ4n) is 2.41. The number of carbonyl (C=O) groups is 1. The Kier molecular flexibility index (Phi) is 5.48. The molecular formula is C19H18FN3O2S. The number of aromatic nitrogens is 1. The summed E-state index contributed by atoms with van der Waals surface area (Å²) in [6.07, 6.45) is 0. The van der Waals surface area contributed by atoms with Crippen LogP contribution in [0.4, 0.5) is 14.3 Å². The van der Waals surface area contributed by atoms with Gasteiger partial charge in [0.25, 0.3) is 0 Å². The highest BCUT2D eigenvalue weighted by Gasteiger charge is 2.13. The van der Waals surface area contributed by atoms with Gasteiger partial charge in [-0.15, -0.1) is 11.3 Å². The summed E-state index contributed by atoms with van der Waals surface area (Å²) in [6.45, 7) is 0.268. The van der Waals surface area contributed by atoms with Crippen LogP contribution in [0, 0.1) is 5.82 Å². The summed E-state index contributed by atoms with van der Waals surface area (Å²) >= 11 is 1.36. The third-order valence-corrected chi connectivity index (χ3v) is 4.53. The Morgan fingerprint density at radius 3 is 2.73 bits per heavy atom. The monoisotopic (exact) mass is 371 g/mol. The quantitative estimate of drug-likeness (QED) is 0.712. The summed E-state index contributed by atoms with van der Waals surface area (Å²) in [5.41, 5.74) is 2.47. The molecule has 1 heterocycles. The first-order chi connectivity index (χ1) is 12.6. The van der Waals surface area contributed by atoms with Crippen molar-refractivity contribution in [2.45, 2.75) is 6.54 Å². The third kappa shape index (κ3) is 4.18. The predicted molar refractivity (Wildman–Crippen MR) is 101 cm³/mol. The molecule has 3 rings (SSSR count). The molecule has 0 spiro atoms. The first-order valence-electron chi connectivity index (χ1n) is 7.92. The first-order valence-corrected chi connectivity index (χ1v) is 8.80. The smallest absolute Gasteiger partial charge is 0.323 e. The third-order valence-electron chi connectivity index (χ3n) is 3.77. The van der Waals surface area contributed by atoms with Gasteiger partial charge in [0, 0.05) is 24.5 Å². The predicted octanol–water partition coefficient (Wildman–Crippen LogP) is 4.62. The molecule has 3 aromatic rings. The van der Waals surface area contributed by atoms with Gasteiger partial charge in [-0.25, -0.2) is 14.2 Å². The first kappa shape index (κ1) is 17.9. The van der Waals surface area contributed by atoms with E-state index < -0.39 is 5.82 Å². The van der Waals surface area contributed by atoms with Crippen molar-refractivity contribution < 1.29 is 13.9 Å². The van der Waals surface area contributed by atoms with Crippen molar-refractivity contribution in [2.75, 3.05) is 19.5 Å². The zero-order chi connectivity index (χ0) is 18.5. The van der Waals surface area contributed by atoms with E-state index in [1.807, 2.05) is 35.7 Å². The van der Waals surface area contributed by atoms with Crippen LogP contribution in [0.25, 0.3) is 11.3 Å². The fourth-order valence-corrected chi connectivity index (χ4v) is 3.12. The standard InChI is InChI=1S/C19H18FN3O2S/c1-23(11-13-8-9-17(25-2)15(20)10-13)19(24)22-18-21-16(12-26-18)14-6-4-3-5-7-14/h3-10,12H,11H2,1-2H3,(H,21,22,24). The molecule has 0 aliphatic carbocycles. The van der Waals surface area contributed by atoms with Crippen LogP contribution in [-0.2, 0) is 6.54 Å². The van der Waals surface area contributed by atoms with E-state index in [1.54, 1.807) is 19.2 Å². The SMILES string of the molecule is COc1ccc(CN(C)C(=O)Nc2nc(-c3ccccc3)cs2)cc1F. The van der Waals surface area contributed by atoms with Crippen LogP contribution in [0.5, 0.6) is 5.75 Å². The van der Waals surface area contributed by atoms with Crippen molar-refractivity contribution in [3.63, 3.8) is 0 Å². The molecule has 0 fully saturated rings. The molecule has 0 aliphatic rings. The number of hydrogen-bond acceptors (Lipinski definition) is 4. The molecule has 26 heavy (non-hydrogen) atoms. The van der Waals surface area contributed by atoms with Crippen LogP contribution in [0.15, 0.2) is 53.9 Å². The second kappa shape index (κ2) is 7.97. The zero-order valence-corrected chi connectivity index (χ0v) is 15.2. The van der Waals surface area contributed by atoms with Crippen molar-refractivity contribution in [3.05, 3.63) is 65.3 Å². The Morgan fingerprint density at radius 2 is 2.04 bits per heavy atom. The number of anilines is 1. The van der Waals surface area contributed by atoms with Gasteiger partial charge in [0.1, 0.15) is 0 Å². The van der Waals surface area contributed by atoms with E-state index in [0.717, 1.165) is 11.3 Å². The molecule has 134 valence electrons. The molecule has 1 aromatic heterocycles. The van der Waals surface area contributed by atoms with Gasteiger partial charge in [-0.1, -0.05) is 36.4 Å². The van der Waals surface area contributed by atoms with Crippen LogP contribution in [0.3, 0.4) is 0 Å². The molecule has 7 heteroatoms. The minimum Gasteiger partial charge on any atom is -0.494 e. The number of nitrogens with one attached hydrogen (secondary N) is 1.